The van der Waals surface area contributed by atoms with Crippen LogP contribution < -0.4 is 5.32 Å². The van der Waals surface area contributed by atoms with Crippen LogP contribution in [0.1, 0.15) is 26.2 Å². The number of nitrogens with zero attached hydrogens (tertiary/aromatic N) is 2. The minimum absolute atomic E-state index is 0.115. The molecule has 0 aromatic heterocycles. The van der Waals surface area contributed by atoms with Crippen LogP contribution in [0.4, 0.5) is 4.79 Å². The number of amides is 3. The molecule has 16 heavy (non-hydrogen) atoms. The van der Waals surface area contributed by atoms with E-state index in [0.717, 1.165) is 38.9 Å². The maximum Gasteiger partial charge on any atom is 0.324 e. The average Bonchev–Trinajstić information content (AvgIpc) is 2.47. The Labute approximate surface area is 95.8 Å². The third kappa shape index (κ3) is 1.59. The number of rotatable bonds is 2. The fraction of sp³-hybridized carbons (Fsp3) is 0.818. The van der Waals surface area contributed by atoms with Crippen LogP contribution in [0.15, 0.2) is 0 Å². The van der Waals surface area contributed by atoms with E-state index in [2.05, 4.69) is 17.1 Å². The van der Waals surface area contributed by atoms with Gasteiger partial charge in [-0.15, -0.1) is 0 Å². The lowest BCUT2D eigenvalue weighted by Crippen LogP contribution is -2.55. The van der Waals surface area contributed by atoms with Gasteiger partial charge in [-0.3, -0.25) is 10.1 Å². The molecule has 5 heteroatoms. The first-order valence-electron chi connectivity index (χ1n) is 5.92. The number of urea groups is 1. The van der Waals surface area contributed by atoms with E-state index in [-0.39, 0.29) is 11.9 Å². The third-order valence-electron chi connectivity index (χ3n) is 3.81. The number of hydrogen-bond donors (Lipinski definition) is 1. The van der Waals surface area contributed by atoms with Gasteiger partial charge in [0, 0.05) is 20.1 Å². The summed E-state index contributed by atoms with van der Waals surface area (Å²) in [5.74, 6) is -0.115. The molecule has 2 aliphatic heterocycles. The molecule has 0 aliphatic carbocycles. The largest absolute Gasteiger partial charge is 0.324 e. The van der Waals surface area contributed by atoms with E-state index >= 15 is 0 Å². The van der Waals surface area contributed by atoms with Crippen LogP contribution in [0.25, 0.3) is 0 Å². The van der Waals surface area contributed by atoms with Gasteiger partial charge in [0.25, 0.3) is 5.91 Å². The summed E-state index contributed by atoms with van der Waals surface area (Å²) < 4.78 is 0. The first-order valence-corrected chi connectivity index (χ1v) is 5.92. The molecule has 0 saturated carbocycles. The highest BCUT2D eigenvalue weighted by Crippen LogP contribution is 2.31. The van der Waals surface area contributed by atoms with Crippen molar-refractivity contribution in [2.75, 3.05) is 26.7 Å². The number of piperidine rings is 1. The van der Waals surface area contributed by atoms with Crippen molar-refractivity contribution in [2.45, 2.75) is 31.7 Å². The molecule has 3 amide bonds. The Morgan fingerprint density at radius 2 is 1.94 bits per heavy atom. The van der Waals surface area contributed by atoms with Gasteiger partial charge in [-0.25, -0.2) is 4.79 Å². The number of hydrogen-bond acceptors (Lipinski definition) is 3. The predicted molar refractivity (Wildman–Crippen MR) is 60.0 cm³/mol. The van der Waals surface area contributed by atoms with Crippen LogP contribution in [0.3, 0.4) is 0 Å². The average molecular weight is 225 g/mol. The number of imide groups is 1. The Morgan fingerprint density at radius 1 is 1.31 bits per heavy atom. The first kappa shape index (κ1) is 11.4. The molecule has 2 aliphatic rings. The van der Waals surface area contributed by atoms with Gasteiger partial charge < -0.3 is 9.80 Å². The van der Waals surface area contributed by atoms with Crippen LogP contribution in [0.2, 0.25) is 0 Å². The van der Waals surface area contributed by atoms with Crippen LogP contribution in [-0.4, -0.2) is 54.0 Å². The summed E-state index contributed by atoms with van der Waals surface area (Å²) >= 11 is 0. The second-order valence-electron chi connectivity index (χ2n) is 4.69. The Bertz CT molecular complexity index is 308. The van der Waals surface area contributed by atoms with Gasteiger partial charge in [-0.2, -0.15) is 0 Å². The van der Waals surface area contributed by atoms with Crippen LogP contribution in [0.5, 0.6) is 0 Å². The van der Waals surface area contributed by atoms with Gasteiger partial charge in [0.1, 0.15) is 5.54 Å². The molecular formula is C11H19N3O2. The van der Waals surface area contributed by atoms with Crippen LogP contribution >= 0.6 is 0 Å². The Hall–Kier alpha value is -1.10. The van der Waals surface area contributed by atoms with Crippen molar-refractivity contribution in [1.82, 2.24) is 15.1 Å². The molecule has 0 radical (unpaired) electrons. The summed E-state index contributed by atoms with van der Waals surface area (Å²) in [6.07, 6.45) is 2.64. The van der Waals surface area contributed by atoms with Crippen LogP contribution in [-0.2, 0) is 4.79 Å². The van der Waals surface area contributed by atoms with E-state index in [4.69, 9.17) is 0 Å². The summed E-state index contributed by atoms with van der Waals surface area (Å²) in [7, 11) is 1.72. The van der Waals surface area contributed by atoms with Gasteiger partial charge >= 0.3 is 6.03 Å². The van der Waals surface area contributed by atoms with Gasteiger partial charge in [-0.05, 0) is 25.8 Å². The Balaban J connectivity index is 2.06. The topological polar surface area (TPSA) is 52.7 Å². The summed E-state index contributed by atoms with van der Waals surface area (Å²) in [5, 5.41) is 2.40. The maximum atomic E-state index is 11.8. The lowest BCUT2D eigenvalue weighted by molar-refractivity contribution is -0.128. The van der Waals surface area contributed by atoms with E-state index in [9.17, 15) is 9.59 Å². The van der Waals surface area contributed by atoms with Crippen LogP contribution in [0, 0.1) is 0 Å². The molecule has 2 saturated heterocycles. The third-order valence-corrected chi connectivity index (χ3v) is 3.81. The lowest BCUT2D eigenvalue weighted by atomic mass is 9.86. The Kier molecular flexibility index (Phi) is 2.88. The van der Waals surface area contributed by atoms with Gasteiger partial charge in [0.05, 0.1) is 0 Å². The fourth-order valence-electron chi connectivity index (χ4n) is 2.67. The maximum absolute atomic E-state index is 11.8. The highest BCUT2D eigenvalue weighted by molar-refractivity contribution is 6.06. The number of likely N-dealkylation sites (tertiary alicyclic amines) is 1. The van der Waals surface area contributed by atoms with Gasteiger partial charge in [0.15, 0.2) is 0 Å². The molecule has 2 fully saturated rings. The summed E-state index contributed by atoms with van der Waals surface area (Å²) in [6, 6.07) is -0.256. The molecule has 1 N–H and O–H groups in total. The number of likely N-dealkylation sites (N-methyl/N-ethyl adjacent to an activating group) is 1. The summed E-state index contributed by atoms with van der Waals surface area (Å²) in [4.78, 5) is 27.2. The number of carbonyl (C=O) groups excluding carboxylic acids is 2. The predicted octanol–water partition coefficient (Wildman–Crippen LogP) is 0.413. The van der Waals surface area contributed by atoms with Crippen molar-refractivity contribution in [3.63, 3.8) is 0 Å². The normalized spacial score (nSPS) is 25.2. The zero-order valence-electron chi connectivity index (χ0n) is 9.95. The highest BCUT2D eigenvalue weighted by Gasteiger charge is 2.51. The van der Waals surface area contributed by atoms with Gasteiger partial charge in [-0.1, -0.05) is 6.92 Å². The lowest BCUT2D eigenvalue weighted by Gasteiger charge is -2.40. The Morgan fingerprint density at radius 3 is 2.38 bits per heavy atom. The number of carbonyl (C=O) groups is 2. The van der Waals surface area contributed by atoms with E-state index in [1.165, 1.54) is 0 Å². The van der Waals surface area contributed by atoms with Crippen molar-refractivity contribution in [3.8, 4) is 0 Å². The monoisotopic (exact) mass is 225 g/mol. The first-order chi connectivity index (χ1) is 7.60. The minimum atomic E-state index is -0.568. The summed E-state index contributed by atoms with van der Waals surface area (Å²) in [6.45, 7) is 5.04. The van der Waals surface area contributed by atoms with Crippen molar-refractivity contribution in [2.24, 2.45) is 0 Å². The van der Waals surface area contributed by atoms with E-state index in [0.29, 0.717) is 0 Å². The SMILES string of the molecule is CCCN1CCC2(CC1)C(=O)NC(=O)N2C. The molecule has 5 nitrogen and oxygen atoms in total. The molecule has 0 aromatic rings. The zero-order chi connectivity index (χ0) is 11.8. The standard InChI is InChI=1S/C11H19N3O2/c1-3-6-14-7-4-11(5-8-14)9(15)12-10(16)13(11)2/h3-8H2,1-2H3,(H,12,15,16). The molecule has 2 heterocycles. The molecule has 0 atom stereocenters. The molecule has 90 valence electrons. The molecule has 1 spiro atoms. The second kappa shape index (κ2) is 4.05. The molecular weight excluding hydrogens is 206 g/mol. The highest BCUT2D eigenvalue weighted by atomic mass is 16.2. The molecule has 0 bridgehead atoms. The van der Waals surface area contributed by atoms with Crippen molar-refractivity contribution in [3.05, 3.63) is 0 Å². The van der Waals surface area contributed by atoms with Crippen molar-refractivity contribution in [1.29, 1.82) is 0 Å². The quantitative estimate of drug-likeness (QED) is 0.693. The molecule has 0 unspecified atom stereocenters. The fourth-order valence-corrected chi connectivity index (χ4v) is 2.67. The molecule has 2 rings (SSSR count). The van der Waals surface area contributed by atoms with E-state index < -0.39 is 5.54 Å². The zero-order valence-corrected chi connectivity index (χ0v) is 9.95. The van der Waals surface area contributed by atoms with Crippen molar-refractivity contribution < 1.29 is 9.59 Å². The second-order valence-corrected chi connectivity index (χ2v) is 4.69. The minimum Gasteiger partial charge on any atom is -0.313 e. The van der Waals surface area contributed by atoms with E-state index in [1.807, 2.05) is 0 Å². The van der Waals surface area contributed by atoms with E-state index in [1.54, 1.807) is 11.9 Å². The smallest absolute Gasteiger partial charge is 0.313 e. The van der Waals surface area contributed by atoms with Crippen molar-refractivity contribution >= 4 is 11.9 Å². The summed E-state index contributed by atoms with van der Waals surface area (Å²) in [5.41, 5.74) is -0.568. The molecule has 0 aromatic carbocycles. The van der Waals surface area contributed by atoms with Gasteiger partial charge in [0.2, 0.25) is 0 Å². The number of nitrogens with one attached hydrogen (secondary N) is 1.